The lowest BCUT2D eigenvalue weighted by Gasteiger charge is -2.08. The highest BCUT2D eigenvalue weighted by atomic mass is 19.3. The van der Waals surface area contributed by atoms with E-state index in [-0.39, 0.29) is 0 Å². The predicted molar refractivity (Wildman–Crippen MR) is 40.0 cm³/mol. The van der Waals surface area contributed by atoms with E-state index in [0.29, 0.717) is 13.1 Å². The van der Waals surface area contributed by atoms with E-state index in [1.807, 2.05) is 0 Å². The van der Waals surface area contributed by atoms with Crippen molar-refractivity contribution in [2.75, 3.05) is 26.7 Å². The summed E-state index contributed by atoms with van der Waals surface area (Å²) in [6.45, 7) is 0.346. The Labute approximate surface area is 69.8 Å². The molecule has 1 unspecified atom stereocenters. The molecule has 5 nitrogen and oxygen atoms in total. The lowest BCUT2D eigenvalue weighted by Crippen LogP contribution is -2.39. The standard InChI is InChI=1S/C6H13FN2O3/c1-8-2-3-9-6(11)5(10)4-12-7/h5,8,10H,2-4H2,1H3,(H,9,11). The summed E-state index contributed by atoms with van der Waals surface area (Å²) in [6.07, 6.45) is -1.44. The number of amides is 1. The van der Waals surface area contributed by atoms with Crippen molar-refractivity contribution in [3.63, 3.8) is 0 Å². The summed E-state index contributed by atoms with van der Waals surface area (Å²) in [6, 6.07) is 0. The lowest BCUT2D eigenvalue weighted by atomic mass is 10.3. The molecular weight excluding hydrogens is 167 g/mol. The second kappa shape index (κ2) is 6.96. The molecule has 3 N–H and O–H groups in total. The zero-order valence-corrected chi connectivity index (χ0v) is 6.84. The van der Waals surface area contributed by atoms with Gasteiger partial charge in [-0.05, 0) is 11.6 Å². The Kier molecular flexibility index (Phi) is 6.54. The van der Waals surface area contributed by atoms with Crippen molar-refractivity contribution in [1.82, 2.24) is 10.6 Å². The summed E-state index contributed by atoms with van der Waals surface area (Å²) in [4.78, 5) is 13.9. The van der Waals surface area contributed by atoms with Crippen LogP contribution in [0.15, 0.2) is 0 Å². The molecule has 1 atom stereocenters. The number of halogens is 1. The quantitative estimate of drug-likeness (QED) is 0.439. The van der Waals surface area contributed by atoms with Crippen LogP contribution in [0.5, 0.6) is 0 Å². The van der Waals surface area contributed by atoms with E-state index in [4.69, 9.17) is 5.11 Å². The van der Waals surface area contributed by atoms with Crippen LogP contribution in [0.25, 0.3) is 0 Å². The Hall–Kier alpha value is -0.720. The Morgan fingerprint density at radius 3 is 2.83 bits per heavy atom. The van der Waals surface area contributed by atoms with Gasteiger partial charge in [0.25, 0.3) is 5.91 Å². The van der Waals surface area contributed by atoms with Crippen molar-refractivity contribution in [3.05, 3.63) is 0 Å². The fourth-order valence-electron chi connectivity index (χ4n) is 0.564. The van der Waals surface area contributed by atoms with Crippen LogP contribution in [0.2, 0.25) is 0 Å². The van der Waals surface area contributed by atoms with Crippen molar-refractivity contribution < 1.29 is 19.4 Å². The zero-order chi connectivity index (χ0) is 9.40. The summed E-state index contributed by atoms with van der Waals surface area (Å²) >= 11 is 0. The van der Waals surface area contributed by atoms with Crippen LogP contribution < -0.4 is 10.6 Å². The van der Waals surface area contributed by atoms with Gasteiger partial charge < -0.3 is 15.7 Å². The number of rotatable bonds is 6. The van der Waals surface area contributed by atoms with Gasteiger partial charge in [0.2, 0.25) is 0 Å². The normalized spacial score (nSPS) is 12.6. The van der Waals surface area contributed by atoms with E-state index < -0.39 is 18.6 Å². The Bertz CT molecular complexity index is 134. The van der Waals surface area contributed by atoms with E-state index in [2.05, 4.69) is 15.6 Å². The van der Waals surface area contributed by atoms with Gasteiger partial charge in [0.15, 0.2) is 6.10 Å². The van der Waals surface area contributed by atoms with Crippen molar-refractivity contribution >= 4 is 5.91 Å². The molecule has 0 aromatic carbocycles. The second-order valence-electron chi connectivity index (χ2n) is 2.19. The maximum absolute atomic E-state index is 11.1. The van der Waals surface area contributed by atoms with E-state index >= 15 is 0 Å². The molecule has 0 radical (unpaired) electrons. The summed E-state index contributed by atoms with van der Waals surface area (Å²) in [5.74, 6) is -0.636. The van der Waals surface area contributed by atoms with Gasteiger partial charge in [0.1, 0.15) is 6.61 Å². The molecule has 0 rings (SSSR count). The SMILES string of the molecule is CNCCNC(=O)C(O)COF. The van der Waals surface area contributed by atoms with Crippen LogP contribution in [0, 0.1) is 0 Å². The summed E-state index contributed by atoms with van der Waals surface area (Å²) in [5.41, 5.74) is 0. The fourth-order valence-corrected chi connectivity index (χ4v) is 0.564. The van der Waals surface area contributed by atoms with Crippen LogP contribution in [0.1, 0.15) is 0 Å². The number of carbonyl (C=O) groups excluding carboxylic acids is 1. The maximum atomic E-state index is 11.1. The van der Waals surface area contributed by atoms with E-state index in [1.54, 1.807) is 7.05 Å². The van der Waals surface area contributed by atoms with Crippen LogP contribution in [-0.2, 0) is 9.74 Å². The minimum absolute atomic E-state index is 0.388. The topological polar surface area (TPSA) is 70.6 Å². The second-order valence-corrected chi connectivity index (χ2v) is 2.19. The van der Waals surface area contributed by atoms with Gasteiger partial charge in [-0.3, -0.25) is 4.79 Å². The molecule has 12 heavy (non-hydrogen) atoms. The largest absolute Gasteiger partial charge is 0.381 e. The minimum atomic E-state index is -1.44. The van der Waals surface area contributed by atoms with Crippen molar-refractivity contribution in [1.29, 1.82) is 0 Å². The third-order valence-corrected chi connectivity index (χ3v) is 1.20. The molecule has 0 bridgehead atoms. The summed E-state index contributed by atoms with van der Waals surface area (Å²) in [7, 11) is 1.73. The minimum Gasteiger partial charge on any atom is -0.381 e. The molecule has 0 aliphatic carbocycles. The third kappa shape index (κ3) is 5.00. The highest BCUT2D eigenvalue weighted by Crippen LogP contribution is 1.85. The average molecular weight is 180 g/mol. The van der Waals surface area contributed by atoms with Crippen LogP contribution in [0.3, 0.4) is 0 Å². The molecule has 0 aromatic heterocycles. The van der Waals surface area contributed by atoms with Gasteiger partial charge in [-0.1, -0.05) is 0 Å². The van der Waals surface area contributed by atoms with Gasteiger partial charge in [-0.15, -0.1) is 0 Å². The zero-order valence-electron chi connectivity index (χ0n) is 6.84. The Balaban J connectivity index is 3.43. The van der Waals surface area contributed by atoms with Gasteiger partial charge in [-0.25, -0.2) is 0 Å². The molecule has 0 aliphatic rings. The predicted octanol–water partition coefficient (Wildman–Crippen LogP) is -1.42. The first-order valence-electron chi connectivity index (χ1n) is 3.56. The first-order chi connectivity index (χ1) is 5.72. The molecule has 0 fully saturated rings. The lowest BCUT2D eigenvalue weighted by molar-refractivity contribution is -0.166. The molecule has 0 saturated carbocycles. The molecule has 0 aromatic rings. The molecule has 0 saturated heterocycles. The van der Waals surface area contributed by atoms with Gasteiger partial charge >= 0.3 is 0 Å². The molecule has 6 heteroatoms. The fraction of sp³-hybridized carbons (Fsp3) is 0.833. The van der Waals surface area contributed by atoms with Gasteiger partial charge in [-0.2, -0.15) is 4.94 Å². The van der Waals surface area contributed by atoms with Crippen LogP contribution in [0.4, 0.5) is 4.53 Å². The van der Waals surface area contributed by atoms with Crippen LogP contribution >= 0.6 is 0 Å². The number of carbonyl (C=O) groups is 1. The molecule has 72 valence electrons. The first-order valence-corrected chi connectivity index (χ1v) is 3.56. The highest BCUT2D eigenvalue weighted by Gasteiger charge is 2.14. The molecule has 0 aliphatic heterocycles. The number of aliphatic hydroxyl groups is 1. The van der Waals surface area contributed by atoms with E-state index in [1.165, 1.54) is 0 Å². The first kappa shape index (κ1) is 11.3. The van der Waals surface area contributed by atoms with Gasteiger partial charge in [0.05, 0.1) is 0 Å². The number of nitrogens with one attached hydrogen (secondary N) is 2. The van der Waals surface area contributed by atoms with E-state index in [0.717, 1.165) is 0 Å². The Morgan fingerprint density at radius 1 is 1.67 bits per heavy atom. The molecular formula is C6H13FN2O3. The van der Waals surface area contributed by atoms with Crippen molar-refractivity contribution in [2.45, 2.75) is 6.10 Å². The number of likely N-dealkylation sites (N-methyl/N-ethyl adjacent to an activating group) is 1. The molecule has 1 amide bonds. The average Bonchev–Trinajstić information content (AvgIpc) is 2.05. The number of aliphatic hydroxyl groups excluding tert-OH is 1. The monoisotopic (exact) mass is 180 g/mol. The summed E-state index contributed by atoms with van der Waals surface area (Å²) < 4.78 is 11.1. The molecule has 0 spiro atoms. The van der Waals surface area contributed by atoms with Crippen molar-refractivity contribution in [2.24, 2.45) is 0 Å². The van der Waals surface area contributed by atoms with Crippen LogP contribution in [-0.4, -0.2) is 43.9 Å². The summed E-state index contributed by atoms with van der Waals surface area (Å²) in [5, 5.41) is 14.0. The maximum Gasteiger partial charge on any atom is 0.251 e. The highest BCUT2D eigenvalue weighted by molar-refractivity contribution is 5.80. The number of hydrogen-bond donors (Lipinski definition) is 3. The Morgan fingerprint density at radius 2 is 2.33 bits per heavy atom. The smallest absolute Gasteiger partial charge is 0.251 e. The van der Waals surface area contributed by atoms with E-state index in [9.17, 15) is 9.32 Å². The third-order valence-electron chi connectivity index (χ3n) is 1.20. The van der Waals surface area contributed by atoms with Crippen molar-refractivity contribution in [3.8, 4) is 0 Å². The molecule has 0 heterocycles. The number of hydrogen-bond acceptors (Lipinski definition) is 4. The van der Waals surface area contributed by atoms with Gasteiger partial charge in [0, 0.05) is 13.1 Å².